The van der Waals surface area contributed by atoms with E-state index in [2.05, 4.69) is 6.92 Å². The van der Waals surface area contributed by atoms with Crippen molar-refractivity contribution < 1.29 is 8.42 Å². The highest BCUT2D eigenvalue weighted by Crippen LogP contribution is 2.29. The number of hydrogen-bond acceptors (Lipinski definition) is 2. The van der Waals surface area contributed by atoms with Crippen molar-refractivity contribution in [3.63, 3.8) is 0 Å². The lowest BCUT2D eigenvalue weighted by atomic mass is 9.97. The number of rotatable bonds is 4. The Morgan fingerprint density at radius 1 is 0.947 bits per heavy atom. The van der Waals surface area contributed by atoms with Crippen molar-refractivity contribution in [2.24, 2.45) is 5.14 Å². The van der Waals surface area contributed by atoms with Gasteiger partial charge in [0, 0.05) is 5.56 Å². The standard InChI is InChI=1S/C15H17NO2S/c1-2-7-12-8-3-4-9-13(12)14-10-5-6-11-15(14)19(16,17)18/h3-6,8-11H,2,7H2,1H3,(H2,16,17,18). The fraction of sp³-hybridized carbons (Fsp3) is 0.200. The van der Waals surface area contributed by atoms with Gasteiger partial charge in [-0.2, -0.15) is 0 Å². The van der Waals surface area contributed by atoms with Crippen LogP contribution in [0.2, 0.25) is 0 Å². The Balaban J connectivity index is 2.66. The van der Waals surface area contributed by atoms with E-state index in [1.54, 1.807) is 18.2 Å². The molecule has 0 saturated carbocycles. The Hall–Kier alpha value is -1.65. The number of sulfonamides is 1. The van der Waals surface area contributed by atoms with Gasteiger partial charge in [-0.3, -0.25) is 0 Å². The van der Waals surface area contributed by atoms with Gasteiger partial charge < -0.3 is 0 Å². The first-order valence-corrected chi connectivity index (χ1v) is 7.78. The van der Waals surface area contributed by atoms with E-state index in [4.69, 9.17) is 5.14 Å². The first kappa shape index (κ1) is 13.8. The maximum Gasteiger partial charge on any atom is 0.238 e. The summed E-state index contributed by atoms with van der Waals surface area (Å²) in [7, 11) is -3.71. The van der Waals surface area contributed by atoms with Crippen LogP contribution >= 0.6 is 0 Å². The lowest BCUT2D eigenvalue weighted by molar-refractivity contribution is 0.598. The van der Waals surface area contributed by atoms with Gasteiger partial charge in [-0.1, -0.05) is 55.8 Å². The van der Waals surface area contributed by atoms with Gasteiger partial charge in [-0.15, -0.1) is 0 Å². The molecule has 2 rings (SSSR count). The van der Waals surface area contributed by atoms with Crippen molar-refractivity contribution >= 4 is 10.0 Å². The van der Waals surface area contributed by atoms with Gasteiger partial charge in [-0.25, -0.2) is 13.6 Å². The predicted molar refractivity (Wildman–Crippen MR) is 77.2 cm³/mol. The van der Waals surface area contributed by atoms with Gasteiger partial charge in [0.2, 0.25) is 10.0 Å². The average molecular weight is 275 g/mol. The highest BCUT2D eigenvalue weighted by atomic mass is 32.2. The third-order valence-electron chi connectivity index (χ3n) is 3.02. The number of aryl methyl sites for hydroxylation is 1. The van der Waals surface area contributed by atoms with Gasteiger partial charge in [0.15, 0.2) is 0 Å². The first-order valence-electron chi connectivity index (χ1n) is 6.24. The van der Waals surface area contributed by atoms with Crippen molar-refractivity contribution in [3.8, 4) is 11.1 Å². The molecule has 2 aromatic rings. The van der Waals surface area contributed by atoms with Crippen LogP contribution in [0.5, 0.6) is 0 Å². The Labute approximate surface area is 114 Å². The van der Waals surface area contributed by atoms with E-state index in [0.29, 0.717) is 5.56 Å². The van der Waals surface area contributed by atoms with E-state index in [1.165, 1.54) is 0 Å². The summed E-state index contributed by atoms with van der Waals surface area (Å²) in [5.41, 5.74) is 2.75. The molecule has 0 atom stereocenters. The number of hydrogen-bond donors (Lipinski definition) is 1. The molecule has 0 bridgehead atoms. The lowest BCUT2D eigenvalue weighted by Gasteiger charge is -2.12. The fourth-order valence-corrected chi connectivity index (χ4v) is 2.96. The highest BCUT2D eigenvalue weighted by Gasteiger charge is 2.16. The zero-order chi connectivity index (χ0) is 13.9. The largest absolute Gasteiger partial charge is 0.238 e. The van der Waals surface area contributed by atoms with Crippen LogP contribution in [-0.4, -0.2) is 8.42 Å². The zero-order valence-electron chi connectivity index (χ0n) is 10.8. The van der Waals surface area contributed by atoms with Gasteiger partial charge in [-0.05, 0) is 23.6 Å². The highest BCUT2D eigenvalue weighted by molar-refractivity contribution is 7.89. The molecule has 0 aliphatic carbocycles. The minimum Gasteiger partial charge on any atom is -0.225 e. The van der Waals surface area contributed by atoms with Gasteiger partial charge in [0.05, 0.1) is 4.90 Å². The van der Waals surface area contributed by atoms with Crippen molar-refractivity contribution in [1.29, 1.82) is 0 Å². The molecule has 0 heterocycles. The molecule has 0 spiro atoms. The second kappa shape index (κ2) is 5.55. The van der Waals surface area contributed by atoms with Gasteiger partial charge in [0.1, 0.15) is 0 Å². The third-order valence-corrected chi connectivity index (χ3v) is 3.99. The fourth-order valence-electron chi connectivity index (χ4n) is 2.21. The summed E-state index contributed by atoms with van der Waals surface area (Å²) in [6.45, 7) is 2.10. The van der Waals surface area contributed by atoms with Crippen molar-refractivity contribution in [2.75, 3.05) is 0 Å². The summed E-state index contributed by atoms with van der Waals surface area (Å²) in [6, 6.07) is 14.7. The van der Waals surface area contributed by atoms with Crippen LogP contribution in [0.1, 0.15) is 18.9 Å². The number of nitrogens with two attached hydrogens (primary N) is 1. The van der Waals surface area contributed by atoms with E-state index < -0.39 is 10.0 Å². The van der Waals surface area contributed by atoms with E-state index in [0.717, 1.165) is 24.0 Å². The molecule has 0 radical (unpaired) electrons. The summed E-state index contributed by atoms with van der Waals surface area (Å²) >= 11 is 0. The molecule has 0 saturated heterocycles. The summed E-state index contributed by atoms with van der Waals surface area (Å²) in [6.07, 6.45) is 1.92. The molecule has 3 nitrogen and oxygen atoms in total. The van der Waals surface area contributed by atoms with Crippen LogP contribution in [-0.2, 0) is 16.4 Å². The Bertz CT molecular complexity index is 678. The summed E-state index contributed by atoms with van der Waals surface area (Å²) < 4.78 is 23.3. The second-order valence-corrected chi connectivity index (χ2v) is 5.98. The van der Waals surface area contributed by atoms with E-state index >= 15 is 0 Å². The molecule has 2 aromatic carbocycles. The minimum atomic E-state index is -3.71. The summed E-state index contributed by atoms with van der Waals surface area (Å²) in [5.74, 6) is 0. The maximum atomic E-state index is 11.7. The first-order chi connectivity index (χ1) is 9.04. The molecule has 0 aliphatic rings. The number of benzene rings is 2. The normalized spacial score (nSPS) is 11.5. The molecule has 100 valence electrons. The van der Waals surface area contributed by atoms with Gasteiger partial charge >= 0.3 is 0 Å². The summed E-state index contributed by atoms with van der Waals surface area (Å²) in [4.78, 5) is 0.179. The molecule has 0 unspecified atom stereocenters. The van der Waals surface area contributed by atoms with Crippen LogP contribution in [0.4, 0.5) is 0 Å². The quantitative estimate of drug-likeness (QED) is 0.932. The van der Waals surface area contributed by atoms with E-state index in [1.807, 2.05) is 30.3 Å². The topological polar surface area (TPSA) is 60.2 Å². The average Bonchev–Trinajstić information content (AvgIpc) is 2.39. The molecular formula is C15H17NO2S. The summed E-state index contributed by atoms with van der Waals surface area (Å²) in [5, 5.41) is 5.29. The Kier molecular flexibility index (Phi) is 4.02. The van der Waals surface area contributed by atoms with Gasteiger partial charge in [0.25, 0.3) is 0 Å². The van der Waals surface area contributed by atoms with Crippen molar-refractivity contribution in [3.05, 3.63) is 54.1 Å². The maximum absolute atomic E-state index is 11.7. The molecule has 0 amide bonds. The van der Waals surface area contributed by atoms with Crippen LogP contribution in [0.15, 0.2) is 53.4 Å². The molecule has 0 aliphatic heterocycles. The lowest BCUT2D eigenvalue weighted by Crippen LogP contribution is -2.13. The molecule has 0 aromatic heterocycles. The van der Waals surface area contributed by atoms with Crippen LogP contribution in [0.25, 0.3) is 11.1 Å². The third kappa shape index (κ3) is 3.03. The van der Waals surface area contributed by atoms with E-state index in [9.17, 15) is 8.42 Å². The van der Waals surface area contributed by atoms with Crippen LogP contribution in [0.3, 0.4) is 0 Å². The SMILES string of the molecule is CCCc1ccccc1-c1ccccc1S(N)(=O)=O. The Morgan fingerprint density at radius 2 is 1.53 bits per heavy atom. The molecule has 19 heavy (non-hydrogen) atoms. The Morgan fingerprint density at radius 3 is 2.16 bits per heavy atom. The molecule has 4 heteroatoms. The molecule has 2 N–H and O–H groups in total. The number of primary sulfonamides is 1. The van der Waals surface area contributed by atoms with Crippen molar-refractivity contribution in [1.82, 2.24) is 0 Å². The van der Waals surface area contributed by atoms with Crippen LogP contribution < -0.4 is 5.14 Å². The molecule has 0 fully saturated rings. The minimum absolute atomic E-state index is 0.179. The second-order valence-electron chi connectivity index (χ2n) is 4.45. The zero-order valence-corrected chi connectivity index (χ0v) is 11.7. The van der Waals surface area contributed by atoms with Crippen molar-refractivity contribution in [2.45, 2.75) is 24.7 Å². The van der Waals surface area contributed by atoms with E-state index in [-0.39, 0.29) is 4.90 Å². The molecular weight excluding hydrogens is 258 g/mol. The smallest absolute Gasteiger partial charge is 0.225 e. The monoisotopic (exact) mass is 275 g/mol. The predicted octanol–water partition coefficient (Wildman–Crippen LogP) is 2.95. The van der Waals surface area contributed by atoms with Crippen LogP contribution in [0, 0.1) is 0 Å².